The molecule has 1 amide bonds. The third kappa shape index (κ3) is 4.90. The Morgan fingerprint density at radius 3 is 2.38 bits per heavy atom. The van der Waals surface area contributed by atoms with E-state index in [1.165, 1.54) is 0 Å². The molecule has 0 heterocycles. The summed E-state index contributed by atoms with van der Waals surface area (Å²) >= 11 is 0. The average molecular weight is 354 g/mol. The third-order valence-electron chi connectivity index (χ3n) is 3.82. The summed E-state index contributed by atoms with van der Waals surface area (Å²) in [5.41, 5.74) is 1.34. The van der Waals surface area contributed by atoms with Gasteiger partial charge in [-0.2, -0.15) is 5.26 Å². The SMILES string of the molecule is CCOc1ccc(NC(=O)C(C#N)Cc2cc(OC)ccc2OC)cc1. The number of rotatable bonds is 8. The van der Waals surface area contributed by atoms with E-state index in [9.17, 15) is 10.1 Å². The van der Waals surface area contributed by atoms with E-state index < -0.39 is 5.92 Å². The Hall–Kier alpha value is -3.20. The highest BCUT2D eigenvalue weighted by Gasteiger charge is 2.21. The number of carbonyl (C=O) groups excluding carboxylic acids is 1. The molecule has 0 aliphatic heterocycles. The molecule has 136 valence electrons. The molecule has 1 atom stereocenters. The molecular weight excluding hydrogens is 332 g/mol. The van der Waals surface area contributed by atoms with Crippen molar-refractivity contribution in [2.45, 2.75) is 13.3 Å². The van der Waals surface area contributed by atoms with Crippen LogP contribution >= 0.6 is 0 Å². The molecule has 0 fully saturated rings. The van der Waals surface area contributed by atoms with E-state index >= 15 is 0 Å². The van der Waals surface area contributed by atoms with Crippen LogP contribution in [0.4, 0.5) is 5.69 Å². The van der Waals surface area contributed by atoms with Gasteiger partial charge >= 0.3 is 0 Å². The highest BCUT2D eigenvalue weighted by atomic mass is 16.5. The molecule has 0 bridgehead atoms. The second-order valence-electron chi connectivity index (χ2n) is 5.51. The van der Waals surface area contributed by atoms with Crippen LogP contribution in [0.3, 0.4) is 0 Å². The fraction of sp³-hybridized carbons (Fsp3) is 0.300. The van der Waals surface area contributed by atoms with Gasteiger partial charge in [0, 0.05) is 12.1 Å². The van der Waals surface area contributed by atoms with Gasteiger partial charge in [-0.25, -0.2) is 0 Å². The Morgan fingerprint density at radius 1 is 1.12 bits per heavy atom. The van der Waals surface area contributed by atoms with E-state index in [4.69, 9.17) is 14.2 Å². The van der Waals surface area contributed by atoms with E-state index in [-0.39, 0.29) is 12.3 Å². The van der Waals surface area contributed by atoms with Crippen LogP contribution in [0.25, 0.3) is 0 Å². The second-order valence-corrected chi connectivity index (χ2v) is 5.51. The van der Waals surface area contributed by atoms with Gasteiger partial charge in [0.1, 0.15) is 23.2 Å². The predicted octanol–water partition coefficient (Wildman–Crippen LogP) is 3.42. The van der Waals surface area contributed by atoms with Gasteiger partial charge in [-0.1, -0.05) is 0 Å². The van der Waals surface area contributed by atoms with Crippen molar-refractivity contribution >= 4 is 11.6 Å². The van der Waals surface area contributed by atoms with Crippen LogP contribution in [0.5, 0.6) is 17.2 Å². The number of benzene rings is 2. The Balaban J connectivity index is 2.10. The van der Waals surface area contributed by atoms with Crippen molar-refractivity contribution in [1.82, 2.24) is 0 Å². The molecule has 6 heteroatoms. The summed E-state index contributed by atoms with van der Waals surface area (Å²) in [6, 6.07) is 14.4. The molecule has 6 nitrogen and oxygen atoms in total. The molecule has 1 N–H and O–H groups in total. The Morgan fingerprint density at radius 2 is 1.81 bits per heavy atom. The van der Waals surface area contributed by atoms with Gasteiger partial charge in [-0.15, -0.1) is 0 Å². The van der Waals surface area contributed by atoms with E-state index in [1.807, 2.05) is 6.92 Å². The summed E-state index contributed by atoms with van der Waals surface area (Å²) in [7, 11) is 3.11. The molecule has 0 spiro atoms. The summed E-state index contributed by atoms with van der Waals surface area (Å²) in [5, 5.41) is 12.2. The van der Waals surface area contributed by atoms with Crippen LogP contribution in [0, 0.1) is 17.2 Å². The molecule has 0 aromatic heterocycles. The van der Waals surface area contributed by atoms with Gasteiger partial charge in [-0.3, -0.25) is 4.79 Å². The number of hydrogen-bond acceptors (Lipinski definition) is 5. The molecule has 1 unspecified atom stereocenters. The number of amides is 1. The lowest BCUT2D eigenvalue weighted by Crippen LogP contribution is -2.23. The average Bonchev–Trinajstić information content (AvgIpc) is 2.67. The lowest BCUT2D eigenvalue weighted by Gasteiger charge is -2.14. The molecule has 0 aliphatic carbocycles. The minimum Gasteiger partial charge on any atom is -0.497 e. The topological polar surface area (TPSA) is 80.6 Å². The third-order valence-corrected chi connectivity index (χ3v) is 3.82. The lowest BCUT2D eigenvalue weighted by atomic mass is 9.98. The highest BCUT2D eigenvalue weighted by Crippen LogP contribution is 2.27. The van der Waals surface area contributed by atoms with Crippen LogP contribution in [0.15, 0.2) is 42.5 Å². The number of anilines is 1. The summed E-state index contributed by atoms with van der Waals surface area (Å²) in [5.74, 6) is 0.747. The number of hydrogen-bond donors (Lipinski definition) is 1. The van der Waals surface area contributed by atoms with E-state index in [0.717, 1.165) is 11.3 Å². The van der Waals surface area contributed by atoms with Gasteiger partial charge in [0.15, 0.2) is 0 Å². The van der Waals surface area contributed by atoms with Crippen molar-refractivity contribution in [3.8, 4) is 23.3 Å². The maximum absolute atomic E-state index is 12.5. The summed E-state index contributed by atoms with van der Waals surface area (Å²) in [4.78, 5) is 12.5. The van der Waals surface area contributed by atoms with Crippen LogP contribution in [-0.2, 0) is 11.2 Å². The van der Waals surface area contributed by atoms with Crippen LogP contribution in [0.2, 0.25) is 0 Å². The molecule has 2 rings (SSSR count). The van der Waals surface area contributed by atoms with Crippen molar-refractivity contribution in [1.29, 1.82) is 5.26 Å². The first-order chi connectivity index (χ1) is 12.6. The minimum absolute atomic E-state index is 0.222. The fourth-order valence-electron chi connectivity index (χ4n) is 2.49. The molecule has 0 radical (unpaired) electrons. The second kappa shape index (κ2) is 9.33. The van der Waals surface area contributed by atoms with Crippen LogP contribution < -0.4 is 19.5 Å². The van der Waals surface area contributed by atoms with E-state index in [2.05, 4.69) is 11.4 Å². The van der Waals surface area contributed by atoms with Crippen LogP contribution in [-0.4, -0.2) is 26.7 Å². The molecule has 0 saturated carbocycles. The molecule has 2 aromatic rings. The number of carbonyl (C=O) groups is 1. The summed E-state index contributed by atoms with van der Waals surface area (Å²) < 4.78 is 15.9. The molecule has 0 aliphatic rings. The van der Waals surface area contributed by atoms with Crippen molar-refractivity contribution < 1.29 is 19.0 Å². The predicted molar refractivity (Wildman–Crippen MR) is 98.6 cm³/mol. The zero-order valence-corrected chi connectivity index (χ0v) is 15.1. The minimum atomic E-state index is -0.859. The van der Waals surface area contributed by atoms with Gasteiger partial charge < -0.3 is 19.5 Å². The Labute approximate surface area is 153 Å². The van der Waals surface area contributed by atoms with E-state index in [1.54, 1.807) is 56.7 Å². The number of ether oxygens (including phenoxy) is 3. The van der Waals surface area contributed by atoms with E-state index in [0.29, 0.717) is 23.8 Å². The first-order valence-electron chi connectivity index (χ1n) is 8.25. The first-order valence-corrected chi connectivity index (χ1v) is 8.25. The molecule has 0 saturated heterocycles. The number of nitriles is 1. The normalized spacial score (nSPS) is 11.2. The van der Waals surface area contributed by atoms with Gasteiger partial charge in [0.25, 0.3) is 0 Å². The van der Waals surface area contributed by atoms with Crippen molar-refractivity contribution in [2.24, 2.45) is 5.92 Å². The first kappa shape index (κ1) is 19.1. The summed E-state index contributed by atoms with van der Waals surface area (Å²) in [6.45, 7) is 2.48. The maximum atomic E-state index is 12.5. The van der Waals surface area contributed by atoms with Crippen LogP contribution in [0.1, 0.15) is 12.5 Å². The van der Waals surface area contributed by atoms with Gasteiger partial charge in [0.2, 0.25) is 5.91 Å². The lowest BCUT2D eigenvalue weighted by molar-refractivity contribution is -0.118. The number of nitrogens with zero attached hydrogens (tertiary/aromatic N) is 1. The highest BCUT2D eigenvalue weighted by molar-refractivity contribution is 5.94. The molecular formula is C20H22N2O4. The number of nitrogens with one attached hydrogen (secondary N) is 1. The molecule has 26 heavy (non-hydrogen) atoms. The van der Waals surface area contributed by atoms with Crippen molar-refractivity contribution in [3.63, 3.8) is 0 Å². The van der Waals surface area contributed by atoms with Crippen molar-refractivity contribution in [2.75, 3.05) is 26.1 Å². The maximum Gasteiger partial charge on any atom is 0.242 e. The monoisotopic (exact) mass is 354 g/mol. The zero-order valence-electron chi connectivity index (χ0n) is 15.1. The standard InChI is InChI=1S/C20H22N2O4/c1-4-26-17-7-5-16(6-8-17)22-20(23)15(13-21)11-14-12-18(24-2)9-10-19(14)25-3/h5-10,12,15H,4,11H2,1-3H3,(H,22,23). The van der Waals surface area contributed by atoms with Gasteiger partial charge in [0.05, 0.1) is 26.9 Å². The summed E-state index contributed by atoms with van der Waals surface area (Å²) in [6.07, 6.45) is 0.222. The zero-order chi connectivity index (χ0) is 18.9. The number of methoxy groups -OCH3 is 2. The fourth-order valence-corrected chi connectivity index (χ4v) is 2.49. The Kier molecular flexibility index (Phi) is 6.86. The largest absolute Gasteiger partial charge is 0.497 e. The smallest absolute Gasteiger partial charge is 0.242 e. The van der Waals surface area contributed by atoms with Crippen molar-refractivity contribution in [3.05, 3.63) is 48.0 Å². The quantitative estimate of drug-likeness (QED) is 0.785. The Bertz CT molecular complexity index is 781. The van der Waals surface area contributed by atoms with Gasteiger partial charge in [-0.05, 0) is 55.0 Å². The molecule has 2 aromatic carbocycles.